The van der Waals surface area contributed by atoms with Crippen LogP contribution >= 0.6 is 15.9 Å². The molecule has 0 fully saturated rings. The molecule has 0 radical (unpaired) electrons. The molecule has 0 aliphatic heterocycles. The Kier molecular flexibility index (Phi) is 5.33. The van der Waals surface area contributed by atoms with Gasteiger partial charge in [-0.25, -0.2) is 0 Å². The van der Waals surface area contributed by atoms with Gasteiger partial charge in [0.1, 0.15) is 0 Å². The summed E-state index contributed by atoms with van der Waals surface area (Å²) in [4.78, 5) is 16.5. The first kappa shape index (κ1) is 15.5. The highest BCUT2D eigenvalue weighted by atomic mass is 79.9. The monoisotopic (exact) mass is 347 g/mol. The third-order valence-corrected chi connectivity index (χ3v) is 3.64. The lowest BCUT2D eigenvalue weighted by molar-refractivity contribution is 0.102. The van der Waals surface area contributed by atoms with E-state index in [1.54, 1.807) is 18.5 Å². The van der Waals surface area contributed by atoms with Crippen LogP contribution in [0.4, 0.5) is 11.4 Å². The molecule has 0 aliphatic rings. The normalized spacial score (nSPS) is 10.2. The zero-order chi connectivity index (χ0) is 15.2. The van der Waals surface area contributed by atoms with Crippen LogP contribution in [-0.2, 0) is 0 Å². The SMILES string of the molecule is CCCNc1ccc(C)cc1C(=O)Nc1ccncc1Br. The summed E-state index contributed by atoms with van der Waals surface area (Å²) in [6.45, 7) is 4.90. The van der Waals surface area contributed by atoms with Gasteiger partial charge in [0, 0.05) is 24.6 Å². The minimum absolute atomic E-state index is 0.135. The maximum absolute atomic E-state index is 12.5. The van der Waals surface area contributed by atoms with Gasteiger partial charge in [0.25, 0.3) is 5.91 Å². The van der Waals surface area contributed by atoms with E-state index in [2.05, 4.69) is 38.5 Å². The minimum Gasteiger partial charge on any atom is -0.384 e. The van der Waals surface area contributed by atoms with Gasteiger partial charge in [0.05, 0.1) is 15.7 Å². The average Bonchev–Trinajstić information content (AvgIpc) is 2.48. The summed E-state index contributed by atoms with van der Waals surface area (Å²) in [5, 5.41) is 6.19. The summed E-state index contributed by atoms with van der Waals surface area (Å²) in [7, 11) is 0. The highest BCUT2D eigenvalue weighted by Crippen LogP contribution is 2.23. The Morgan fingerprint density at radius 3 is 2.81 bits per heavy atom. The van der Waals surface area contributed by atoms with Gasteiger partial charge in [-0.05, 0) is 47.5 Å². The number of rotatable bonds is 5. The molecule has 1 amide bonds. The molecule has 110 valence electrons. The molecule has 0 spiro atoms. The molecule has 2 aromatic rings. The Morgan fingerprint density at radius 1 is 1.29 bits per heavy atom. The highest BCUT2D eigenvalue weighted by Gasteiger charge is 2.13. The number of hydrogen-bond donors (Lipinski definition) is 2. The number of pyridine rings is 1. The number of benzene rings is 1. The number of anilines is 2. The van der Waals surface area contributed by atoms with Crippen molar-refractivity contribution in [3.63, 3.8) is 0 Å². The number of carbonyl (C=O) groups is 1. The van der Waals surface area contributed by atoms with Crippen molar-refractivity contribution in [1.29, 1.82) is 0 Å². The Morgan fingerprint density at radius 2 is 2.10 bits per heavy atom. The molecule has 0 bridgehead atoms. The van der Waals surface area contributed by atoms with E-state index in [0.717, 1.165) is 28.7 Å². The molecule has 4 nitrogen and oxygen atoms in total. The van der Waals surface area contributed by atoms with Crippen LogP contribution in [0.1, 0.15) is 29.3 Å². The Hall–Kier alpha value is -1.88. The van der Waals surface area contributed by atoms with Crippen LogP contribution in [0.5, 0.6) is 0 Å². The minimum atomic E-state index is -0.135. The van der Waals surface area contributed by atoms with Gasteiger partial charge in [-0.1, -0.05) is 18.6 Å². The van der Waals surface area contributed by atoms with Crippen molar-refractivity contribution < 1.29 is 4.79 Å². The summed E-state index contributed by atoms with van der Waals surface area (Å²) in [6.07, 6.45) is 4.31. The molecule has 0 unspecified atom stereocenters. The standard InChI is InChI=1S/C16H18BrN3O/c1-3-7-19-14-5-4-11(2)9-12(14)16(21)20-15-6-8-18-10-13(15)17/h4-6,8-10,19H,3,7H2,1-2H3,(H,18,20,21). The molecule has 1 heterocycles. The number of aryl methyl sites for hydroxylation is 1. The number of nitrogens with zero attached hydrogens (tertiary/aromatic N) is 1. The Bertz CT molecular complexity index is 643. The van der Waals surface area contributed by atoms with Crippen molar-refractivity contribution in [2.24, 2.45) is 0 Å². The first-order valence-electron chi connectivity index (χ1n) is 6.87. The zero-order valence-corrected chi connectivity index (χ0v) is 13.7. The van der Waals surface area contributed by atoms with Crippen molar-refractivity contribution in [2.45, 2.75) is 20.3 Å². The van der Waals surface area contributed by atoms with Gasteiger partial charge in [0.15, 0.2) is 0 Å². The summed E-state index contributed by atoms with van der Waals surface area (Å²) >= 11 is 3.38. The van der Waals surface area contributed by atoms with Crippen LogP contribution in [0, 0.1) is 6.92 Å². The Balaban J connectivity index is 2.25. The molecule has 0 saturated heterocycles. The summed E-state index contributed by atoms with van der Waals surface area (Å²) < 4.78 is 0.758. The van der Waals surface area contributed by atoms with E-state index in [9.17, 15) is 4.79 Å². The maximum atomic E-state index is 12.5. The van der Waals surface area contributed by atoms with E-state index in [0.29, 0.717) is 11.3 Å². The van der Waals surface area contributed by atoms with Crippen molar-refractivity contribution in [2.75, 3.05) is 17.2 Å². The summed E-state index contributed by atoms with van der Waals surface area (Å²) in [6, 6.07) is 7.60. The van der Waals surface area contributed by atoms with Gasteiger partial charge < -0.3 is 10.6 Å². The van der Waals surface area contributed by atoms with E-state index in [-0.39, 0.29) is 5.91 Å². The van der Waals surface area contributed by atoms with Gasteiger partial charge in [-0.3, -0.25) is 9.78 Å². The molecule has 5 heteroatoms. The molecule has 0 aliphatic carbocycles. The lowest BCUT2D eigenvalue weighted by Crippen LogP contribution is -2.15. The lowest BCUT2D eigenvalue weighted by Gasteiger charge is -2.13. The number of carbonyl (C=O) groups excluding carboxylic acids is 1. The third kappa shape index (κ3) is 4.04. The fraction of sp³-hybridized carbons (Fsp3) is 0.250. The van der Waals surface area contributed by atoms with Gasteiger partial charge in [-0.15, -0.1) is 0 Å². The molecular weight excluding hydrogens is 330 g/mol. The third-order valence-electron chi connectivity index (χ3n) is 3.01. The van der Waals surface area contributed by atoms with Crippen LogP contribution in [0.25, 0.3) is 0 Å². The molecule has 0 atom stereocenters. The van der Waals surface area contributed by atoms with Crippen molar-refractivity contribution in [3.05, 3.63) is 52.3 Å². The van der Waals surface area contributed by atoms with Crippen LogP contribution in [0.2, 0.25) is 0 Å². The fourth-order valence-corrected chi connectivity index (χ4v) is 2.28. The van der Waals surface area contributed by atoms with Crippen LogP contribution < -0.4 is 10.6 Å². The van der Waals surface area contributed by atoms with E-state index < -0.39 is 0 Å². The second kappa shape index (κ2) is 7.22. The zero-order valence-electron chi connectivity index (χ0n) is 12.1. The second-order valence-corrected chi connectivity index (χ2v) is 5.64. The molecule has 0 saturated carbocycles. The van der Waals surface area contributed by atoms with Crippen molar-refractivity contribution in [1.82, 2.24) is 4.98 Å². The predicted molar refractivity (Wildman–Crippen MR) is 89.8 cm³/mol. The lowest BCUT2D eigenvalue weighted by atomic mass is 10.1. The summed E-state index contributed by atoms with van der Waals surface area (Å²) in [5.74, 6) is -0.135. The van der Waals surface area contributed by atoms with Crippen molar-refractivity contribution in [3.8, 4) is 0 Å². The van der Waals surface area contributed by atoms with Crippen LogP contribution in [0.15, 0.2) is 41.1 Å². The summed E-state index contributed by atoms with van der Waals surface area (Å²) in [5.41, 5.74) is 3.26. The van der Waals surface area contributed by atoms with E-state index in [4.69, 9.17) is 0 Å². The molecule has 2 rings (SSSR count). The number of aromatic nitrogens is 1. The van der Waals surface area contributed by atoms with Gasteiger partial charge in [0.2, 0.25) is 0 Å². The number of nitrogens with one attached hydrogen (secondary N) is 2. The number of hydrogen-bond acceptors (Lipinski definition) is 3. The first-order valence-corrected chi connectivity index (χ1v) is 7.66. The molecule has 2 N–H and O–H groups in total. The van der Waals surface area contributed by atoms with E-state index >= 15 is 0 Å². The van der Waals surface area contributed by atoms with Crippen molar-refractivity contribution >= 4 is 33.2 Å². The van der Waals surface area contributed by atoms with Gasteiger partial charge >= 0.3 is 0 Å². The fourth-order valence-electron chi connectivity index (χ4n) is 1.93. The van der Waals surface area contributed by atoms with Crippen LogP contribution in [-0.4, -0.2) is 17.4 Å². The molecule has 21 heavy (non-hydrogen) atoms. The average molecular weight is 348 g/mol. The highest BCUT2D eigenvalue weighted by molar-refractivity contribution is 9.10. The first-order chi connectivity index (χ1) is 10.1. The maximum Gasteiger partial charge on any atom is 0.257 e. The predicted octanol–water partition coefficient (Wildman–Crippen LogP) is 4.23. The van der Waals surface area contributed by atoms with Crippen LogP contribution in [0.3, 0.4) is 0 Å². The molecular formula is C16H18BrN3O. The molecule has 1 aromatic carbocycles. The molecule has 1 aromatic heterocycles. The number of halogens is 1. The topological polar surface area (TPSA) is 54.0 Å². The van der Waals surface area contributed by atoms with E-state index in [1.165, 1.54) is 0 Å². The largest absolute Gasteiger partial charge is 0.384 e. The van der Waals surface area contributed by atoms with Gasteiger partial charge in [-0.2, -0.15) is 0 Å². The number of amides is 1. The smallest absolute Gasteiger partial charge is 0.257 e. The Labute approximate surface area is 133 Å². The quantitative estimate of drug-likeness (QED) is 0.850. The van der Waals surface area contributed by atoms with E-state index in [1.807, 2.05) is 25.1 Å². The second-order valence-electron chi connectivity index (χ2n) is 4.79.